The van der Waals surface area contributed by atoms with Crippen molar-refractivity contribution in [3.8, 4) is 0 Å². The predicted octanol–water partition coefficient (Wildman–Crippen LogP) is 2.21. The normalized spacial score (nSPS) is 29.9. The van der Waals surface area contributed by atoms with Crippen molar-refractivity contribution in [2.45, 2.75) is 38.1 Å². The third kappa shape index (κ3) is 3.61. The van der Waals surface area contributed by atoms with Gasteiger partial charge in [0.15, 0.2) is 0 Å². The van der Waals surface area contributed by atoms with Crippen LogP contribution in [0.15, 0.2) is 12.7 Å². The van der Waals surface area contributed by atoms with E-state index in [9.17, 15) is 4.79 Å². The highest BCUT2D eigenvalue weighted by Gasteiger charge is 2.50. The largest absolute Gasteiger partial charge is 0.471 e. The standard InChI is InChI=1S/C14H22N2O2.C2H4O2/c1-2-8-18-16-13-10-15(14(16)17)9-11-6-4-3-5-7-12(11)13;1-4-2-3/h2,11-13H,1,3-10H2;2H,1H3/t11?,12?,13-;/m0./s1. The van der Waals surface area contributed by atoms with Gasteiger partial charge in [-0.25, -0.2) is 4.79 Å². The number of hydrogen-bond donors (Lipinski definition) is 0. The van der Waals surface area contributed by atoms with Crippen LogP contribution in [-0.2, 0) is 14.4 Å². The van der Waals surface area contributed by atoms with Crippen LogP contribution in [0.5, 0.6) is 0 Å². The van der Waals surface area contributed by atoms with Gasteiger partial charge in [-0.2, -0.15) is 5.06 Å². The number of rotatable bonds is 4. The van der Waals surface area contributed by atoms with E-state index in [0.717, 1.165) is 13.1 Å². The number of methoxy groups -OCH3 is 1. The minimum atomic E-state index is 0.0647. The number of carbonyl (C=O) groups excluding carboxylic acids is 2. The van der Waals surface area contributed by atoms with E-state index in [1.165, 1.54) is 39.2 Å². The minimum Gasteiger partial charge on any atom is -0.471 e. The van der Waals surface area contributed by atoms with Crippen LogP contribution >= 0.6 is 0 Å². The molecule has 2 aliphatic heterocycles. The average molecular weight is 310 g/mol. The van der Waals surface area contributed by atoms with Crippen molar-refractivity contribution in [2.24, 2.45) is 11.8 Å². The van der Waals surface area contributed by atoms with E-state index in [1.54, 1.807) is 11.1 Å². The molecule has 3 aliphatic rings. The van der Waals surface area contributed by atoms with Crippen molar-refractivity contribution in [2.75, 3.05) is 26.8 Å². The third-order valence-corrected chi connectivity index (χ3v) is 4.76. The van der Waals surface area contributed by atoms with Crippen LogP contribution < -0.4 is 0 Å². The molecule has 3 rings (SSSR count). The molecule has 2 bridgehead atoms. The molecule has 0 aromatic carbocycles. The van der Waals surface area contributed by atoms with Crippen LogP contribution in [0.1, 0.15) is 32.1 Å². The summed E-state index contributed by atoms with van der Waals surface area (Å²) < 4.78 is 3.86. The molecule has 2 amide bonds. The van der Waals surface area contributed by atoms with Crippen molar-refractivity contribution in [1.82, 2.24) is 9.96 Å². The lowest BCUT2D eigenvalue weighted by Crippen LogP contribution is -2.44. The molecule has 3 atom stereocenters. The zero-order valence-electron chi connectivity index (χ0n) is 13.3. The number of nitrogens with zero attached hydrogens (tertiary/aromatic N) is 2. The SMILES string of the molecule is C=CCON1C(=O)N2CC3CCCCCC3[C@@H]1C2.COC=O. The monoisotopic (exact) mass is 310 g/mol. The molecule has 0 radical (unpaired) electrons. The van der Waals surface area contributed by atoms with Gasteiger partial charge in [-0.05, 0) is 24.7 Å². The molecule has 2 saturated heterocycles. The van der Waals surface area contributed by atoms with Crippen molar-refractivity contribution >= 4 is 12.5 Å². The lowest BCUT2D eigenvalue weighted by atomic mass is 9.80. The van der Waals surface area contributed by atoms with Gasteiger partial charge in [0.2, 0.25) is 0 Å². The molecule has 0 N–H and O–H groups in total. The van der Waals surface area contributed by atoms with Crippen molar-refractivity contribution in [1.29, 1.82) is 0 Å². The molecule has 0 aromatic heterocycles. The fraction of sp³-hybridized carbons (Fsp3) is 0.750. The van der Waals surface area contributed by atoms with Gasteiger partial charge < -0.3 is 9.64 Å². The summed E-state index contributed by atoms with van der Waals surface area (Å²) >= 11 is 0. The first-order chi connectivity index (χ1) is 10.7. The van der Waals surface area contributed by atoms with E-state index in [2.05, 4.69) is 11.3 Å². The zero-order valence-corrected chi connectivity index (χ0v) is 13.3. The highest BCUT2D eigenvalue weighted by Crippen LogP contribution is 2.41. The Morgan fingerprint density at radius 1 is 1.27 bits per heavy atom. The van der Waals surface area contributed by atoms with Gasteiger partial charge in [0.25, 0.3) is 6.47 Å². The van der Waals surface area contributed by atoms with Crippen molar-refractivity contribution < 1.29 is 19.2 Å². The maximum absolute atomic E-state index is 12.2. The topological polar surface area (TPSA) is 59.1 Å². The summed E-state index contributed by atoms with van der Waals surface area (Å²) in [5.74, 6) is 1.33. The second kappa shape index (κ2) is 8.17. The number of piperidine rings is 1. The van der Waals surface area contributed by atoms with E-state index >= 15 is 0 Å². The second-order valence-corrected chi connectivity index (χ2v) is 6.06. The van der Waals surface area contributed by atoms with E-state index in [0.29, 0.717) is 24.9 Å². The first-order valence-electron chi connectivity index (χ1n) is 8.01. The number of amides is 2. The Kier molecular flexibility index (Phi) is 6.24. The Hall–Kier alpha value is -1.56. The van der Waals surface area contributed by atoms with Crippen LogP contribution in [0, 0.1) is 11.8 Å². The summed E-state index contributed by atoms with van der Waals surface area (Å²) in [5, 5.41) is 1.64. The summed E-state index contributed by atoms with van der Waals surface area (Å²) in [6.45, 7) is 6.25. The summed E-state index contributed by atoms with van der Waals surface area (Å²) in [6.07, 6.45) is 8.21. The Morgan fingerprint density at radius 3 is 2.68 bits per heavy atom. The van der Waals surface area contributed by atoms with Gasteiger partial charge >= 0.3 is 6.03 Å². The number of hydrogen-bond acceptors (Lipinski definition) is 4. The number of urea groups is 1. The molecule has 6 heteroatoms. The molecular weight excluding hydrogens is 284 g/mol. The van der Waals surface area contributed by atoms with Gasteiger partial charge in [0.1, 0.15) is 0 Å². The molecule has 3 fully saturated rings. The third-order valence-electron chi connectivity index (χ3n) is 4.76. The van der Waals surface area contributed by atoms with Crippen LogP contribution in [0.4, 0.5) is 4.79 Å². The lowest BCUT2D eigenvalue weighted by Gasteiger charge is -2.36. The van der Waals surface area contributed by atoms with Crippen molar-refractivity contribution in [3.05, 3.63) is 12.7 Å². The van der Waals surface area contributed by atoms with Gasteiger partial charge in [0.05, 0.1) is 19.8 Å². The van der Waals surface area contributed by atoms with Crippen LogP contribution in [0.2, 0.25) is 0 Å². The Labute approximate surface area is 132 Å². The summed E-state index contributed by atoms with van der Waals surface area (Å²) in [7, 11) is 1.31. The summed E-state index contributed by atoms with van der Waals surface area (Å²) in [6, 6.07) is 0.337. The van der Waals surface area contributed by atoms with Gasteiger partial charge in [0, 0.05) is 13.1 Å². The quantitative estimate of drug-likeness (QED) is 0.590. The molecule has 6 nitrogen and oxygen atoms in total. The maximum atomic E-state index is 12.2. The molecule has 2 unspecified atom stereocenters. The predicted molar refractivity (Wildman–Crippen MR) is 81.9 cm³/mol. The fourth-order valence-corrected chi connectivity index (χ4v) is 3.83. The first-order valence-corrected chi connectivity index (χ1v) is 8.01. The molecule has 0 spiro atoms. The fourth-order valence-electron chi connectivity index (χ4n) is 3.83. The van der Waals surface area contributed by atoms with E-state index < -0.39 is 0 Å². The summed E-state index contributed by atoms with van der Waals surface area (Å²) in [4.78, 5) is 28.7. The van der Waals surface area contributed by atoms with Crippen molar-refractivity contribution in [3.63, 3.8) is 0 Å². The molecule has 1 aliphatic carbocycles. The number of ether oxygens (including phenoxy) is 1. The van der Waals surface area contributed by atoms with Gasteiger partial charge in [-0.3, -0.25) is 9.63 Å². The number of hydroxylamine groups is 2. The molecule has 22 heavy (non-hydrogen) atoms. The molecule has 1 saturated carbocycles. The van der Waals surface area contributed by atoms with Gasteiger partial charge in [-0.15, -0.1) is 6.58 Å². The highest BCUT2D eigenvalue weighted by molar-refractivity contribution is 5.76. The molecular formula is C16H26N2O4. The second-order valence-electron chi connectivity index (χ2n) is 6.06. The lowest BCUT2D eigenvalue weighted by molar-refractivity contribution is -0.132. The first kappa shape index (κ1) is 16.8. The van der Waals surface area contributed by atoms with Gasteiger partial charge in [-0.1, -0.05) is 25.3 Å². The maximum Gasteiger partial charge on any atom is 0.344 e. The Balaban J connectivity index is 0.000000396. The average Bonchev–Trinajstić information content (AvgIpc) is 2.72. The Bertz CT molecular complexity index is 402. The minimum absolute atomic E-state index is 0.0647. The smallest absolute Gasteiger partial charge is 0.344 e. The highest BCUT2D eigenvalue weighted by atomic mass is 16.7. The zero-order chi connectivity index (χ0) is 15.9. The van der Waals surface area contributed by atoms with Crippen LogP contribution in [0.3, 0.4) is 0 Å². The molecule has 124 valence electrons. The van der Waals surface area contributed by atoms with E-state index in [-0.39, 0.29) is 12.1 Å². The number of fused-ring (bicyclic) bond motifs is 4. The number of carbonyl (C=O) groups is 2. The Morgan fingerprint density at radius 2 is 2.00 bits per heavy atom. The van der Waals surface area contributed by atoms with E-state index in [4.69, 9.17) is 9.63 Å². The summed E-state index contributed by atoms with van der Waals surface area (Å²) in [5.41, 5.74) is 0. The van der Waals surface area contributed by atoms with Crippen LogP contribution in [-0.4, -0.2) is 55.3 Å². The molecule has 0 aromatic rings. The van der Waals surface area contributed by atoms with E-state index in [1.807, 2.05) is 4.90 Å². The molecule has 2 heterocycles. The van der Waals surface area contributed by atoms with Crippen LogP contribution in [0.25, 0.3) is 0 Å².